The van der Waals surface area contributed by atoms with E-state index in [0.717, 1.165) is 38.8 Å². The molecule has 1 fully saturated rings. The van der Waals surface area contributed by atoms with Crippen molar-refractivity contribution in [2.45, 2.75) is 58.2 Å². The molecule has 1 aromatic rings. The molecule has 0 radical (unpaired) electrons. The van der Waals surface area contributed by atoms with Gasteiger partial charge in [0.05, 0.1) is 12.6 Å². The van der Waals surface area contributed by atoms with Crippen molar-refractivity contribution in [3.63, 3.8) is 0 Å². The van der Waals surface area contributed by atoms with Gasteiger partial charge in [0.15, 0.2) is 11.5 Å². The fourth-order valence-electron chi connectivity index (χ4n) is 2.97. The number of aliphatic hydroxyl groups excluding tert-OH is 1. The minimum atomic E-state index is -0.184. The Labute approximate surface area is 132 Å². The largest absolute Gasteiger partial charge is 0.393 e. The summed E-state index contributed by atoms with van der Waals surface area (Å²) in [7, 11) is 1.82. The van der Waals surface area contributed by atoms with Crippen molar-refractivity contribution in [2.75, 3.05) is 20.1 Å². The zero-order valence-corrected chi connectivity index (χ0v) is 13.8. The van der Waals surface area contributed by atoms with Gasteiger partial charge in [-0.1, -0.05) is 19.0 Å². The van der Waals surface area contributed by atoms with Crippen LogP contribution in [-0.2, 0) is 6.54 Å². The van der Waals surface area contributed by atoms with Crippen molar-refractivity contribution >= 4 is 5.91 Å². The number of likely N-dealkylation sites (tertiary alicyclic amines) is 1. The van der Waals surface area contributed by atoms with Crippen molar-refractivity contribution < 1.29 is 14.4 Å². The lowest BCUT2D eigenvalue weighted by atomic mass is 10.1. The minimum absolute atomic E-state index is 0.0854. The van der Waals surface area contributed by atoms with Crippen molar-refractivity contribution in [1.82, 2.24) is 15.0 Å². The quantitative estimate of drug-likeness (QED) is 0.869. The molecule has 1 aliphatic rings. The number of nitrogens with zero attached hydrogens (tertiary/aromatic N) is 3. The van der Waals surface area contributed by atoms with Gasteiger partial charge in [0.1, 0.15) is 0 Å². The van der Waals surface area contributed by atoms with E-state index in [1.807, 2.05) is 7.05 Å². The molecule has 1 N–H and O–H groups in total. The molecule has 0 unspecified atom stereocenters. The number of carbonyl (C=O) groups excluding carboxylic acids is 1. The van der Waals surface area contributed by atoms with E-state index in [2.05, 4.69) is 23.9 Å². The van der Waals surface area contributed by atoms with Crippen LogP contribution in [0.25, 0.3) is 0 Å². The molecule has 2 rings (SSSR count). The highest BCUT2D eigenvalue weighted by Gasteiger charge is 2.23. The molecule has 1 amide bonds. The van der Waals surface area contributed by atoms with Gasteiger partial charge in [0.2, 0.25) is 0 Å². The van der Waals surface area contributed by atoms with Crippen molar-refractivity contribution in [1.29, 1.82) is 0 Å². The van der Waals surface area contributed by atoms with Gasteiger partial charge < -0.3 is 14.5 Å². The zero-order chi connectivity index (χ0) is 16.1. The molecule has 0 saturated carbocycles. The molecule has 6 heteroatoms. The Morgan fingerprint density at radius 1 is 1.45 bits per heavy atom. The van der Waals surface area contributed by atoms with Gasteiger partial charge in [0.25, 0.3) is 5.91 Å². The first-order valence-electron chi connectivity index (χ1n) is 8.18. The number of rotatable bonds is 6. The Morgan fingerprint density at radius 3 is 2.68 bits per heavy atom. The van der Waals surface area contributed by atoms with Crippen molar-refractivity contribution in [3.05, 3.63) is 17.5 Å². The fraction of sp³-hybridized carbons (Fsp3) is 0.750. The van der Waals surface area contributed by atoms with E-state index >= 15 is 0 Å². The van der Waals surface area contributed by atoms with Crippen LogP contribution >= 0.6 is 0 Å². The second kappa shape index (κ2) is 7.74. The Balaban J connectivity index is 1.94. The maximum Gasteiger partial charge on any atom is 0.276 e. The Kier molecular flexibility index (Phi) is 5.97. The third-order valence-electron chi connectivity index (χ3n) is 4.53. The van der Waals surface area contributed by atoms with Gasteiger partial charge in [-0.25, -0.2) is 0 Å². The van der Waals surface area contributed by atoms with E-state index in [0.29, 0.717) is 18.0 Å². The van der Waals surface area contributed by atoms with Crippen molar-refractivity contribution in [3.8, 4) is 0 Å². The molecule has 0 atom stereocenters. The molecule has 124 valence electrons. The second-order valence-electron chi connectivity index (χ2n) is 6.07. The highest BCUT2D eigenvalue weighted by atomic mass is 16.5. The predicted octanol–water partition coefficient (Wildman–Crippen LogP) is 1.89. The number of amides is 1. The molecule has 1 saturated heterocycles. The Hall–Kier alpha value is -1.40. The second-order valence-corrected chi connectivity index (χ2v) is 6.07. The van der Waals surface area contributed by atoms with Crippen LogP contribution in [0.4, 0.5) is 0 Å². The standard InChI is InChI=1S/C16H27N3O3/c1-4-12(5-2)18(3)16(21)15-10-14(22-17-15)11-19-8-6-13(20)7-9-19/h10,12-13,20H,4-9,11H2,1-3H3. The third kappa shape index (κ3) is 4.08. The molecular weight excluding hydrogens is 282 g/mol. The number of hydrogen-bond donors (Lipinski definition) is 1. The number of piperidine rings is 1. The zero-order valence-electron chi connectivity index (χ0n) is 13.8. The van der Waals surface area contributed by atoms with Gasteiger partial charge >= 0.3 is 0 Å². The van der Waals surface area contributed by atoms with Gasteiger partial charge in [-0.05, 0) is 25.7 Å². The SMILES string of the molecule is CCC(CC)N(C)C(=O)c1cc(CN2CCC(O)CC2)on1. The van der Waals surface area contributed by atoms with E-state index in [1.165, 1.54) is 0 Å². The molecule has 0 bridgehead atoms. The highest BCUT2D eigenvalue weighted by Crippen LogP contribution is 2.16. The van der Waals surface area contributed by atoms with Gasteiger partial charge in [-0.2, -0.15) is 0 Å². The summed E-state index contributed by atoms with van der Waals surface area (Å²) in [6, 6.07) is 1.97. The number of aliphatic hydroxyl groups is 1. The highest BCUT2D eigenvalue weighted by molar-refractivity contribution is 5.92. The summed E-state index contributed by atoms with van der Waals surface area (Å²) < 4.78 is 5.31. The lowest BCUT2D eigenvalue weighted by Gasteiger charge is -2.28. The first kappa shape index (κ1) is 17.0. The number of hydrogen-bond acceptors (Lipinski definition) is 5. The molecule has 2 heterocycles. The Bertz CT molecular complexity index is 477. The predicted molar refractivity (Wildman–Crippen MR) is 83.5 cm³/mol. The van der Waals surface area contributed by atoms with Gasteiger partial charge in [-0.3, -0.25) is 9.69 Å². The van der Waals surface area contributed by atoms with Crippen LogP contribution in [-0.4, -0.2) is 58.3 Å². The topological polar surface area (TPSA) is 69.8 Å². The first-order valence-corrected chi connectivity index (χ1v) is 8.18. The monoisotopic (exact) mass is 309 g/mol. The smallest absolute Gasteiger partial charge is 0.276 e. The van der Waals surface area contributed by atoms with Crippen LogP contribution in [0, 0.1) is 0 Å². The normalized spacial score (nSPS) is 17.1. The van der Waals surface area contributed by atoms with Crippen LogP contribution < -0.4 is 0 Å². The minimum Gasteiger partial charge on any atom is -0.393 e. The fourth-order valence-corrected chi connectivity index (χ4v) is 2.97. The average Bonchev–Trinajstić information content (AvgIpc) is 2.98. The summed E-state index contributed by atoms with van der Waals surface area (Å²) in [5.41, 5.74) is 0.376. The molecule has 1 aliphatic heterocycles. The first-order chi connectivity index (χ1) is 10.5. The van der Waals surface area contributed by atoms with E-state index < -0.39 is 0 Å². The summed E-state index contributed by atoms with van der Waals surface area (Å²) in [6.07, 6.45) is 3.25. The maximum absolute atomic E-state index is 12.4. The van der Waals surface area contributed by atoms with Crippen LogP contribution in [0.15, 0.2) is 10.6 Å². The lowest BCUT2D eigenvalue weighted by molar-refractivity contribution is 0.0708. The number of aromatic nitrogens is 1. The van der Waals surface area contributed by atoms with Crippen LogP contribution in [0.3, 0.4) is 0 Å². The van der Waals surface area contributed by atoms with Crippen LogP contribution in [0.5, 0.6) is 0 Å². The van der Waals surface area contributed by atoms with E-state index in [-0.39, 0.29) is 18.1 Å². The third-order valence-corrected chi connectivity index (χ3v) is 4.53. The molecule has 0 spiro atoms. The average molecular weight is 309 g/mol. The van der Waals surface area contributed by atoms with Gasteiger partial charge in [-0.15, -0.1) is 0 Å². The molecule has 1 aromatic heterocycles. The van der Waals surface area contributed by atoms with Crippen LogP contribution in [0.2, 0.25) is 0 Å². The molecule has 6 nitrogen and oxygen atoms in total. The van der Waals surface area contributed by atoms with Crippen molar-refractivity contribution in [2.24, 2.45) is 0 Å². The van der Waals surface area contributed by atoms with E-state index in [1.54, 1.807) is 11.0 Å². The van der Waals surface area contributed by atoms with Gasteiger partial charge in [0, 0.05) is 32.2 Å². The number of carbonyl (C=O) groups is 1. The van der Waals surface area contributed by atoms with E-state index in [4.69, 9.17) is 4.52 Å². The summed E-state index contributed by atoms with van der Waals surface area (Å²) in [4.78, 5) is 16.4. The molecule has 0 aromatic carbocycles. The van der Waals surface area contributed by atoms with E-state index in [9.17, 15) is 9.90 Å². The summed E-state index contributed by atoms with van der Waals surface area (Å²) >= 11 is 0. The van der Waals surface area contributed by atoms with Crippen LogP contribution in [0.1, 0.15) is 55.8 Å². The summed E-state index contributed by atoms with van der Waals surface area (Å²) in [6.45, 7) is 6.49. The molecule has 22 heavy (non-hydrogen) atoms. The molecule has 0 aliphatic carbocycles. The molecular formula is C16H27N3O3. The summed E-state index contributed by atoms with van der Waals surface area (Å²) in [5, 5.41) is 13.4. The summed E-state index contributed by atoms with van der Waals surface area (Å²) in [5.74, 6) is 0.621. The Morgan fingerprint density at radius 2 is 2.09 bits per heavy atom. The lowest BCUT2D eigenvalue weighted by Crippen LogP contribution is -2.36. The maximum atomic E-state index is 12.4.